The number of benzene rings is 1. The molecular weight excluding hydrogens is 380 g/mol. The number of halogens is 1. The third kappa shape index (κ3) is 3.03. The molecule has 1 aliphatic rings. The fourth-order valence-corrected chi connectivity index (χ4v) is 5.35. The summed E-state index contributed by atoms with van der Waals surface area (Å²) in [4.78, 5) is 25.6. The molecule has 0 atom stereocenters. The number of nitrogens with one attached hydrogen (secondary N) is 3. The minimum Gasteiger partial charge on any atom is -0.361 e. The number of aromatic amines is 2. The van der Waals surface area contributed by atoms with E-state index in [9.17, 15) is 4.79 Å². The summed E-state index contributed by atoms with van der Waals surface area (Å²) in [5, 5.41) is 5.93. The van der Waals surface area contributed by atoms with E-state index >= 15 is 0 Å². The smallest absolute Gasteiger partial charge is 0.261 e. The Morgan fingerprint density at radius 1 is 1.26 bits per heavy atom. The molecule has 7 heteroatoms. The molecule has 0 spiro atoms. The molecular formula is C20H19ClN4OS. The van der Waals surface area contributed by atoms with Gasteiger partial charge < -0.3 is 10.3 Å². The van der Waals surface area contributed by atoms with Gasteiger partial charge in [0.25, 0.3) is 5.56 Å². The van der Waals surface area contributed by atoms with E-state index in [2.05, 4.69) is 20.3 Å². The van der Waals surface area contributed by atoms with Gasteiger partial charge in [0.2, 0.25) is 5.95 Å². The third-order valence-electron chi connectivity index (χ3n) is 5.24. The van der Waals surface area contributed by atoms with Crippen LogP contribution in [0, 0.1) is 0 Å². The molecule has 0 fully saturated rings. The van der Waals surface area contributed by atoms with Crippen LogP contribution in [0.15, 0.2) is 29.2 Å². The second-order valence-electron chi connectivity index (χ2n) is 6.99. The van der Waals surface area contributed by atoms with Crippen molar-refractivity contribution in [3.8, 4) is 0 Å². The van der Waals surface area contributed by atoms with Gasteiger partial charge in [0.15, 0.2) is 0 Å². The predicted octanol–water partition coefficient (Wildman–Crippen LogP) is 4.65. The van der Waals surface area contributed by atoms with E-state index in [1.165, 1.54) is 22.4 Å². The highest BCUT2D eigenvalue weighted by Crippen LogP contribution is 2.33. The number of hydrogen-bond donors (Lipinski definition) is 3. The molecule has 0 saturated heterocycles. The molecule has 138 valence electrons. The topological polar surface area (TPSA) is 73.6 Å². The van der Waals surface area contributed by atoms with Gasteiger partial charge in [-0.25, -0.2) is 4.98 Å². The number of thiophene rings is 1. The average Bonchev–Trinajstić information content (AvgIpc) is 3.23. The van der Waals surface area contributed by atoms with Gasteiger partial charge in [0.1, 0.15) is 4.83 Å². The molecule has 3 heterocycles. The fraction of sp³-hybridized carbons (Fsp3) is 0.300. The van der Waals surface area contributed by atoms with Gasteiger partial charge in [-0.15, -0.1) is 11.3 Å². The van der Waals surface area contributed by atoms with Crippen LogP contribution in [0.3, 0.4) is 0 Å². The first-order valence-electron chi connectivity index (χ1n) is 9.23. The van der Waals surface area contributed by atoms with Crippen molar-refractivity contribution in [2.24, 2.45) is 0 Å². The summed E-state index contributed by atoms with van der Waals surface area (Å²) in [5.41, 5.74) is 3.46. The Hall–Kier alpha value is -2.31. The second kappa shape index (κ2) is 6.69. The normalized spacial score (nSPS) is 14.0. The minimum atomic E-state index is -0.0271. The van der Waals surface area contributed by atoms with E-state index in [1.54, 1.807) is 11.3 Å². The lowest BCUT2D eigenvalue weighted by atomic mass is 9.97. The molecule has 0 aliphatic heterocycles. The van der Waals surface area contributed by atoms with Crippen molar-refractivity contribution < 1.29 is 0 Å². The molecule has 1 aliphatic carbocycles. The molecule has 0 saturated carbocycles. The summed E-state index contributed by atoms with van der Waals surface area (Å²) in [7, 11) is 0. The number of H-pyrrole nitrogens is 2. The first kappa shape index (κ1) is 16.8. The lowest BCUT2D eigenvalue weighted by Crippen LogP contribution is -2.15. The van der Waals surface area contributed by atoms with Crippen molar-refractivity contribution in [1.29, 1.82) is 0 Å². The van der Waals surface area contributed by atoms with Crippen LogP contribution in [0.5, 0.6) is 0 Å². The number of fused-ring (bicyclic) bond motifs is 4. The number of aryl methyl sites for hydroxylation is 2. The van der Waals surface area contributed by atoms with E-state index < -0.39 is 0 Å². The lowest BCUT2D eigenvalue weighted by molar-refractivity contribution is 0.700. The maximum atomic E-state index is 12.6. The zero-order valence-electron chi connectivity index (χ0n) is 14.7. The Kier molecular flexibility index (Phi) is 4.17. The van der Waals surface area contributed by atoms with Crippen LogP contribution in [0.2, 0.25) is 5.02 Å². The van der Waals surface area contributed by atoms with Crippen LogP contribution in [0.4, 0.5) is 5.95 Å². The van der Waals surface area contributed by atoms with Crippen LogP contribution in [-0.2, 0) is 19.3 Å². The number of nitrogens with zero attached hydrogens (tertiary/aromatic N) is 1. The monoisotopic (exact) mass is 398 g/mol. The molecule has 0 bridgehead atoms. The van der Waals surface area contributed by atoms with Gasteiger partial charge in [-0.3, -0.25) is 9.78 Å². The van der Waals surface area contributed by atoms with Crippen molar-refractivity contribution in [2.75, 3.05) is 11.9 Å². The van der Waals surface area contributed by atoms with Crippen molar-refractivity contribution in [3.05, 3.63) is 55.8 Å². The molecule has 0 amide bonds. The molecule has 27 heavy (non-hydrogen) atoms. The number of rotatable bonds is 4. The van der Waals surface area contributed by atoms with Gasteiger partial charge in [-0.05, 0) is 61.4 Å². The third-order valence-corrected chi connectivity index (χ3v) is 6.66. The quantitative estimate of drug-likeness (QED) is 0.468. The van der Waals surface area contributed by atoms with Crippen molar-refractivity contribution >= 4 is 50.0 Å². The fourth-order valence-electron chi connectivity index (χ4n) is 3.92. The minimum absolute atomic E-state index is 0.0271. The number of aromatic nitrogens is 3. The summed E-state index contributed by atoms with van der Waals surface area (Å²) < 4.78 is 0. The van der Waals surface area contributed by atoms with E-state index in [0.29, 0.717) is 12.5 Å². The summed E-state index contributed by atoms with van der Waals surface area (Å²) in [5.74, 6) is 0.545. The molecule has 0 radical (unpaired) electrons. The van der Waals surface area contributed by atoms with Gasteiger partial charge in [0.05, 0.1) is 5.39 Å². The van der Waals surface area contributed by atoms with E-state index in [-0.39, 0.29) is 5.56 Å². The summed E-state index contributed by atoms with van der Waals surface area (Å²) in [6.45, 7) is 0.680. The van der Waals surface area contributed by atoms with E-state index in [4.69, 9.17) is 11.6 Å². The summed E-state index contributed by atoms with van der Waals surface area (Å²) in [6.07, 6.45) is 7.25. The molecule has 5 nitrogen and oxygen atoms in total. The Balaban J connectivity index is 1.37. The largest absolute Gasteiger partial charge is 0.361 e. The Labute approximate surface area is 164 Å². The maximum absolute atomic E-state index is 12.6. The van der Waals surface area contributed by atoms with Crippen LogP contribution >= 0.6 is 22.9 Å². The lowest BCUT2D eigenvalue weighted by Gasteiger charge is -2.09. The van der Waals surface area contributed by atoms with Crippen LogP contribution in [-0.4, -0.2) is 21.5 Å². The van der Waals surface area contributed by atoms with Crippen LogP contribution in [0.25, 0.3) is 21.1 Å². The SMILES string of the molecule is O=c1[nH]c(NCCc2c[nH]c3ccc(Cl)cc23)nc2sc3c(c12)CCCC3. The van der Waals surface area contributed by atoms with Crippen molar-refractivity contribution in [2.45, 2.75) is 32.1 Å². The van der Waals surface area contributed by atoms with Crippen LogP contribution < -0.4 is 10.9 Å². The molecule has 4 aromatic rings. The van der Waals surface area contributed by atoms with Gasteiger partial charge in [-0.1, -0.05) is 11.6 Å². The van der Waals surface area contributed by atoms with Gasteiger partial charge in [-0.2, -0.15) is 0 Å². The van der Waals surface area contributed by atoms with Gasteiger partial charge in [0, 0.05) is 33.5 Å². The van der Waals surface area contributed by atoms with E-state index in [0.717, 1.165) is 51.8 Å². The molecule has 1 aromatic carbocycles. The standard InChI is InChI=1S/C20H19ClN4OS/c21-12-5-6-15-14(9-12)11(10-23-15)7-8-22-20-24-18(26)17-13-3-1-2-4-16(13)27-19(17)25-20/h5-6,9-10,23H,1-4,7-8H2,(H2,22,24,25,26). The van der Waals surface area contributed by atoms with Crippen molar-refractivity contribution in [3.63, 3.8) is 0 Å². The zero-order chi connectivity index (χ0) is 18.4. The Bertz CT molecular complexity index is 1210. The molecule has 5 rings (SSSR count). The summed E-state index contributed by atoms with van der Waals surface area (Å²) >= 11 is 7.79. The first-order chi connectivity index (χ1) is 13.2. The highest BCUT2D eigenvalue weighted by molar-refractivity contribution is 7.18. The maximum Gasteiger partial charge on any atom is 0.261 e. The molecule has 3 aromatic heterocycles. The highest BCUT2D eigenvalue weighted by Gasteiger charge is 2.19. The van der Waals surface area contributed by atoms with Crippen molar-refractivity contribution in [1.82, 2.24) is 15.0 Å². The second-order valence-corrected chi connectivity index (χ2v) is 8.51. The first-order valence-corrected chi connectivity index (χ1v) is 10.4. The molecule has 3 N–H and O–H groups in total. The number of hydrogen-bond acceptors (Lipinski definition) is 4. The van der Waals surface area contributed by atoms with Gasteiger partial charge >= 0.3 is 0 Å². The average molecular weight is 399 g/mol. The zero-order valence-corrected chi connectivity index (χ0v) is 16.3. The Morgan fingerprint density at radius 3 is 3.07 bits per heavy atom. The molecule has 0 unspecified atom stereocenters. The highest BCUT2D eigenvalue weighted by atomic mass is 35.5. The Morgan fingerprint density at radius 2 is 2.15 bits per heavy atom. The number of anilines is 1. The predicted molar refractivity (Wildman–Crippen MR) is 112 cm³/mol. The van der Waals surface area contributed by atoms with Crippen LogP contribution in [0.1, 0.15) is 28.8 Å². The van der Waals surface area contributed by atoms with E-state index in [1.807, 2.05) is 24.4 Å². The summed E-state index contributed by atoms with van der Waals surface area (Å²) in [6, 6.07) is 5.85.